The molecule has 2 aromatic carbocycles. The van der Waals surface area contributed by atoms with E-state index in [4.69, 9.17) is 0 Å². The van der Waals surface area contributed by atoms with Crippen molar-refractivity contribution in [1.29, 1.82) is 0 Å². The molecule has 0 aliphatic carbocycles. The summed E-state index contributed by atoms with van der Waals surface area (Å²) < 4.78 is 0. The van der Waals surface area contributed by atoms with Crippen molar-refractivity contribution in [1.82, 2.24) is 15.1 Å². The van der Waals surface area contributed by atoms with Crippen molar-refractivity contribution in [2.75, 3.05) is 5.32 Å². The van der Waals surface area contributed by atoms with Gasteiger partial charge in [0, 0.05) is 22.5 Å². The fourth-order valence-corrected chi connectivity index (χ4v) is 3.27. The molecule has 1 aliphatic heterocycles. The summed E-state index contributed by atoms with van der Waals surface area (Å²) >= 11 is 0. The summed E-state index contributed by atoms with van der Waals surface area (Å²) in [7, 11) is 0. The number of hydrogen-bond acceptors (Lipinski definition) is 4. The molecule has 4 rings (SSSR count). The predicted molar refractivity (Wildman–Crippen MR) is 103 cm³/mol. The van der Waals surface area contributed by atoms with Gasteiger partial charge in [0.1, 0.15) is 0 Å². The number of rotatable bonds is 4. The number of H-pyrrole nitrogens is 1. The first-order chi connectivity index (χ1) is 13.5. The Hall–Kier alpha value is -3.74. The number of anilines is 1. The molecular formula is C21H18N4O3. The van der Waals surface area contributed by atoms with E-state index in [1.807, 2.05) is 19.9 Å². The highest BCUT2D eigenvalue weighted by atomic mass is 16.2. The van der Waals surface area contributed by atoms with Gasteiger partial charge in [-0.3, -0.25) is 24.4 Å². The number of aryl methyl sites for hydroxylation is 2. The number of fused-ring (bicyclic) bond motifs is 1. The van der Waals surface area contributed by atoms with E-state index < -0.39 is 0 Å². The first-order valence-electron chi connectivity index (χ1n) is 8.83. The van der Waals surface area contributed by atoms with Gasteiger partial charge in [0.05, 0.1) is 23.4 Å². The summed E-state index contributed by atoms with van der Waals surface area (Å²) in [6.45, 7) is 3.84. The Kier molecular flexibility index (Phi) is 4.27. The minimum absolute atomic E-state index is 0.159. The number of amides is 3. The van der Waals surface area contributed by atoms with Crippen molar-refractivity contribution in [2.45, 2.75) is 20.4 Å². The Morgan fingerprint density at radius 3 is 2.43 bits per heavy atom. The maximum atomic E-state index is 12.8. The first kappa shape index (κ1) is 17.7. The Morgan fingerprint density at radius 2 is 1.75 bits per heavy atom. The van der Waals surface area contributed by atoms with E-state index in [2.05, 4.69) is 15.5 Å². The third-order valence-electron chi connectivity index (χ3n) is 4.86. The largest absolute Gasteiger partial charge is 0.322 e. The zero-order valence-corrected chi connectivity index (χ0v) is 15.4. The van der Waals surface area contributed by atoms with Crippen molar-refractivity contribution in [3.63, 3.8) is 0 Å². The SMILES string of the molecule is Cc1n[nH]c(C)c1CN1C(=O)c2ccc(NC(=O)c3ccccc3)cc2C1=O. The van der Waals surface area contributed by atoms with Crippen LogP contribution < -0.4 is 5.32 Å². The lowest BCUT2D eigenvalue weighted by Gasteiger charge is -2.13. The smallest absolute Gasteiger partial charge is 0.261 e. The molecule has 7 heteroatoms. The lowest BCUT2D eigenvalue weighted by atomic mass is 10.1. The standard InChI is InChI=1S/C21H18N4O3/c1-12-18(13(2)24-23-12)11-25-20(27)16-9-8-15(10-17(16)21(25)28)22-19(26)14-6-4-3-5-7-14/h3-10H,11H2,1-2H3,(H,22,26)(H,23,24). The molecule has 0 saturated heterocycles. The minimum atomic E-state index is -0.379. The maximum absolute atomic E-state index is 12.8. The van der Waals surface area contributed by atoms with Crippen LogP contribution in [0.2, 0.25) is 0 Å². The van der Waals surface area contributed by atoms with Crippen LogP contribution >= 0.6 is 0 Å². The normalized spacial score (nSPS) is 13.0. The highest BCUT2D eigenvalue weighted by Crippen LogP contribution is 2.28. The van der Waals surface area contributed by atoms with Gasteiger partial charge in [-0.15, -0.1) is 0 Å². The second kappa shape index (κ2) is 6.77. The van der Waals surface area contributed by atoms with E-state index in [1.165, 1.54) is 4.90 Å². The molecule has 0 spiro atoms. The Labute approximate surface area is 161 Å². The fourth-order valence-electron chi connectivity index (χ4n) is 3.27. The van der Waals surface area contributed by atoms with Crippen LogP contribution in [0.1, 0.15) is 48.0 Å². The molecule has 0 fully saturated rings. The fraction of sp³-hybridized carbons (Fsp3) is 0.143. The van der Waals surface area contributed by atoms with Gasteiger partial charge in [-0.05, 0) is 44.2 Å². The van der Waals surface area contributed by atoms with Crippen molar-refractivity contribution in [3.8, 4) is 0 Å². The monoisotopic (exact) mass is 374 g/mol. The third kappa shape index (κ3) is 2.96. The van der Waals surface area contributed by atoms with Gasteiger partial charge >= 0.3 is 0 Å². The molecule has 0 unspecified atom stereocenters. The van der Waals surface area contributed by atoms with Gasteiger partial charge < -0.3 is 5.32 Å². The van der Waals surface area contributed by atoms with Crippen molar-refractivity contribution in [3.05, 3.63) is 82.2 Å². The molecule has 0 saturated carbocycles. The van der Waals surface area contributed by atoms with Crippen molar-refractivity contribution < 1.29 is 14.4 Å². The topological polar surface area (TPSA) is 95.2 Å². The number of carbonyl (C=O) groups is 3. The lowest BCUT2D eigenvalue weighted by Crippen LogP contribution is -2.29. The predicted octanol–water partition coefficient (Wildman–Crippen LogP) is 3.08. The van der Waals surface area contributed by atoms with Crippen molar-refractivity contribution in [2.24, 2.45) is 0 Å². The summed E-state index contributed by atoms with van der Waals surface area (Å²) in [6.07, 6.45) is 0. The highest BCUT2D eigenvalue weighted by molar-refractivity contribution is 6.22. The number of aromatic nitrogens is 2. The number of hydrogen-bond donors (Lipinski definition) is 2. The molecule has 3 aromatic rings. The molecule has 3 amide bonds. The Morgan fingerprint density at radius 1 is 1.04 bits per heavy atom. The first-order valence-corrected chi connectivity index (χ1v) is 8.83. The Balaban J connectivity index is 1.58. The molecule has 0 atom stereocenters. The average molecular weight is 374 g/mol. The molecule has 2 N–H and O–H groups in total. The molecule has 0 bridgehead atoms. The van der Waals surface area contributed by atoms with E-state index in [0.29, 0.717) is 16.8 Å². The van der Waals surface area contributed by atoms with E-state index >= 15 is 0 Å². The van der Waals surface area contributed by atoms with E-state index in [0.717, 1.165) is 17.0 Å². The van der Waals surface area contributed by atoms with Crippen LogP contribution in [0, 0.1) is 13.8 Å². The van der Waals surface area contributed by atoms with Crippen LogP contribution in [-0.2, 0) is 6.54 Å². The van der Waals surface area contributed by atoms with Crippen LogP contribution in [0.4, 0.5) is 5.69 Å². The van der Waals surface area contributed by atoms with E-state index in [9.17, 15) is 14.4 Å². The molecule has 2 heterocycles. The van der Waals surface area contributed by atoms with E-state index in [-0.39, 0.29) is 29.8 Å². The number of imide groups is 1. The average Bonchev–Trinajstić information content (AvgIpc) is 3.14. The summed E-state index contributed by atoms with van der Waals surface area (Å²) in [6, 6.07) is 13.5. The summed E-state index contributed by atoms with van der Waals surface area (Å²) in [5, 5.41) is 9.74. The maximum Gasteiger partial charge on any atom is 0.261 e. The highest BCUT2D eigenvalue weighted by Gasteiger charge is 2.36. The molecular weight excluding hydrogens is 356 g/mol. The molecule has 1 aromatic heterocycles. The third-order valence-corrected chi connectivity index (χ3v) is 4.86. The molecule has 1 aliphatic rings. The number of aromatic amines is 1. The summed E-state index contributed by atoms with van der Waals surface area (Å²) in [4.78, 5) is 39.1. The number of nitrogens with one attached hydrogen (secondary N) is 2. The second-order valence-corrected chi connectivity index (χ2v) is 6.69. The second-order valence-electron chi connectivity index (χ2n) is 6.69. The van der Waals surface area contributed by atoms with Gasteiger partial charge in [-0.25, -0.2) is 0 Å². The number of benzene rings is 2. The number of carbonyl (C=O) groups excluding carboxylic acids is 3. The van der Waals surface area contributed by atoms with Crippen LogP contribution in [0.5, 0.6) is 0 Å². The number of nitrogens with zero attached hydrogens (tertiary/aromatic N) is 2. The molecule has 140 valence electrons. The van der Waals surface area contributed by atoms with Crippen LogP contribution in [-0.4, -0.2) is 32.8 Å². The Bertz CT molecular complexity index is 1080. The van der Waals surface area contributed by atoms with Gasteiger partial charge in [0.25, 0.3) is 17.7 Å². The van der Waals surface area contributed by atoms with Crippen molar-refractivity contribution >= 4 is 23.4 Å². The van der Waals surface area contributed by atoms with Crippen LogP contribution in [0.3, 0.4) is 0 Å². The van der Waals surface area contributed by atoms with Crippen LogP contribution in [0.25, 0.3) is 0 Å². The van der Waals surface area contributed by atoms with Crippen LogP contribution in [0.15, 0.2) is 48.5 Å². The molecule has 0 radical (unpaired) electrons. The quantitative estimate of drug-likeness (QED) is 0.686. The zero-order valence-electron chi connectivity index (χ0n) is 15.4. The van der Waals surface area contributed by atoms with Gasteiger partial charge in [0.2, 0.25) is 0 Å². The lowest BCUT2D eigenvalue weighted by molar-refractivity contribution is 0.0641. The van der Waals surface area contributed by atoms with Gasteiger partial charge in [-0.1, -0.05) is 18.2 Å². The van der Waals surface area contributed by atoms with Gasteiger partial charge in [0.15, 0.2) is 0 Å². The molecule has 28 heavy (non-hydrogen) atoms. The zero-order chi connectivity index (χ0) is 19.8. The van der Waals surface area contributed by atoms with E-state index in [1.54, 1.807) is 42.5 Å². The molecule has 7 nitrogen and oxygen atoms in total. The van der Waals surface area contributed by atoms with Gasteiger partial charge in [-0.2, -0.15) is 5.10 Å². The minimum Gasteiger partial charge on any atom is -0.322 e. The summed E-state index contributed by atoms with van der Waals surface area (Å²) in [5.74, 6) is -1.00. The summed E-state index contributed by atoms with van der Waals surface area (Å²) in [5.41, 5.74) is 4.00.